The summed E-state index contributed by atoms with van der Waals surface area (Å²) in [7, 11) is 2.13. The van der Waals surface area contributed by atoms with Crippen LogP contribution in [0.25, 0.3) is 0 Å². The largest absolute Gasteiger partial charge is 0.465 e. The molecule has 0 radical (unpaired) electrons. The summed E-state index contributed by atoms with van der Waals surface area (Å²) in [5.41, 5.74) is 0. The third kappa shape index (κ3) is 5.42. The third-order valence-electron chi connectivity index (χ3n) is 2.31. The second-order valence-corrected chi connectivity index (χ2v) is 3.48. The predicted octanol–water partition coefficient (Wildman–Crippen LogP) is 0.219. The van der Waals surface area contributed by atoms with Gasteiger partial charge < -0.3 is 9.64 Å². The molecule has 0 aliphatic carbocycles. The van der Waals surface area contributed by atoms with Crippen LogP contribution in [0.5, 0.6) is 0 Å². The van der Waals surface area contributed by atoms with Gasteiger partial charge in [0.1, 0.15) is 6.61 Å². The SMILES string of the molecule is CC(=O)OCCN1CCN(C)CC1.Cl. The number of halogens is 1. The number of hydrogen-bond donors (Lipinski definition) is 0. The van der Waals surface area contributed by atoms with Crippen molar-refractivity contribution < 1.29 is 9.53 Å². The van der Waals surface area contributed by atoms with E-state index in [0.29, 0.717) is 6.61 Å². The first-order valence-corrected chi connectivity index (χ1v) is 4.73. The fourth-order valence-electron chi connectivity index (χ4n) is 1.39. The van der Waals surface area contributed by atoms with Crippen molar-refractivity contribution in [1.29, 1.82) is 0 Å². The fraction of sp³-hybridized carbons (Fsp3) is 0.889. The van der Waals surface area contributed by atoms with Crippen LogP contribution < -0.4 is 0 Å². The molecule has 0 unspecified atom stereocenters. The summed E-state index contributed by atoms with van der Waals surface area (Å²) in [5, 5.41) is 0. The van der Waals surface area contributed by atoms with Crippen molar-refractivity contribution in [2.45, 2.75) is 6.92 Å². The molecule has 5 heteroatoms. The standard InChI is InChI=1S/C9H18N2O2.ClH/c1-9(12)13-8-7-11-5-3-10(2)4-6-11;/h3-8H2,1-2H3;1H. The molecule has 4 nitrogen and oxygen atoms in total. The molecule has 0 bridgehead atoms. The Morgan fingerprint density at radius 2 is 1.86 bits per heavy atom. The number of carbonyl (C=O) groups is 1. The van der Waals surface area contributed by atoms with Crippen molar-refractivity contribution in [3.63, 3.8) is 0 Å². The number of rotatable bonds is 3. The molecule has 1 aliphatic heterocycles. The Morgan fingerprint density at radius 1 is 1.29 bits per heavy atom. The lowest BCUT2D eigenvalue weighted by Crippen LogP contribution is -2.45. The Kier molecular flexibility index (Phi) is 6.87. The molecule has 0 atom stereocenters. The number of piperazine rings is 1. The summed E-state index contributed by atoms with van der Waals surface area (Å²) in [4.78, 5) is 15.1. The lowest BCUT2D eigenvalue weighted by atomic mass is 10.3. The Bertz CT molecular complexity index is 170. The van der Waals surface area contributed by atoms with E-state index in [2.05, 4.69) is 16.8 Å². The summed E-state index contributed by atoms with van der Waals surface area (Å²) in [5.74, 6) is -0.186. The lowest BCUT2D eigenvalue weighted by Gasteiger charge is -2.31. The van der Waals surface area contributed by atoms with Crippen LogP contribution in [0.15, 0.2) is 0 Å². The topological polar surface area (TPSA) is 32.8 Å². The van der Waals surface area contributed by atoms with Crippen molar-refractivity contribution in [2.24, 2.45) is 0 Å². The maximum Gasteiger partial charge on any atom is 0.302 e. The number of ether oxygens (including phenoxy) is 1. The number of nitrogens with zero attached hydrogens (tertiary/aromatic N) is 2. The minimum Gasteiger partial charge on any atom is -0.465 e. The Hall–Kier alpha value is -0.320. The highest BCUT2D eigenvalue weighted by molar-refractivity contribution is 5.85. The zero-order valence-corrected chi connectivity index (χ0v) is 9.68. The normalized spacial score (nSPS) is 18.7. The molecule has 84 valence electrons. The van der Waals surface area contributed by atoms with Crippen LogP contribution >= 0.6 is 12.4 Å². The summed E-state index contributed by atoms with van der Waals surface area (Å²) in [6.07, 6.45) is 0. The maximum atomic E-state index is 10.5. The Morgan fingerprint density at radius 3 is 2.36 bits per heavy atom. The van der Waals surface area contributed by atoms with Gasteiger partial charge in [0.2, 0.25) is 0 Å². The second kappa shape index (κ2) is 7.04. The molecule has 14 heavy (non-hydrogen) atoms. The predicted molar refractivity (Wildman–Crippen MR) is 57.8 cm³/mol. The molecule has 0 amide bonds. The van der Waals surface area contributed by atoms with Crippen LogP contribution in [0.2, 0.25) is 0 Å². The van der Waals surface area contributed by atoms with Crippen LogP contribution in [0.4, 0.5) is 0 Å². The van der Waals surface area contributed by atoms with Gasteiger partial charge in [-0.05, 0) is 7.05 Å². The van der Waals surface area contributed by atoms with E-state index in [0.717, 1.165) is 32.7 Å². The first kappa shape index (κ1) is 13.7. The smallest absolute Gasteiger partial charge is 0.302 e. The van der Waals surface area contributed by atoms with Gasteiger partial charge in [0.25, 0.3) is 0 Å². The molecular weight excluding hydrogens is 204 g/mol. The van der Waals surface area contributed by atoms with Gasteiger partial charge in [0, 0.05) is 39.6 Å². The summed E-state index contributed by atoms with van der Waals surface area (Å²) in [6, 6.07) is 0. The second-order valence-electron chi connectivity index (χ2n) is 3.48. The lowest BCUT2D eigenvalue weighted by molar-refractivity contribution is -0.141. The van der Waals surface area contributed by atoms with Crippen molar-refractivity contribution in [1.82, 2.24) is 9.80 Å². The van der Waals surface area contributed by atoms with E-state index in [-0.39, 0.29) is 18.4 Å². The monoisotopic (exact) mass is 222 g/mol. The molecule has 0 aromatic rings. The highest BCUT2D eigenvalue weighted by atomic mass is 35.5. The van der Waals surface area contributed by atoms with Gasteiger partial charge in [-0.15, -0.1) is 12.4 Å². The molecule has 1 rings (SSSR count). The third-order valence-corrected chi connectivity index (χ3v) is 2.31. The van der Waals surface area contributed by atoms with Crippen LogP contribution in [0.3, 0.4) is 0 Å². The average Bonchev–Trinajstić information content (AvgIpc) is 2.08. The molecule has 0 aromatic heterocycles. The molecule has 0 saturated carbocycles. The molecule has 1 fully saturated rings. The van der Waals surface area contributed by atoms with Crippen LogP contribution in [-0.4, -0.2) is 62.1 Å². The van der Waals surface area contributed by atoms with Crippen molar-refractivity contribution in [3.8, 4) is 0 Å². The number of carbonyl (C=O) groups excluding carboxylic acids is 1. The first-order valence-electron chi connectivity index (χ1n) is 4.73. The van der Waals surface area contributed by atoms with E-state index in [1.807, 2.05) is 0 Å². The van der Waals surface area contributed by atoms with Gasteiger partial charge >= 0.3 is 5.97 Å². The van der Waals surface area contributed by atoms with E-state index in [1.54, 1.807) is 0 Å². The molecule has 1 aliphatic rings. The van der Waals surface area contributed by atoms with Gasteiger partial charge in [-0.1, -0.05) is 0 Å². The van der Waals surface area contributed by atoms with E-state index < -0.39 is 0 Å². The van der Waals surface area contributed by atoms with Gasteiger partial charge in [-0.2, -0.15) is 0 Å². The highest BCUT2D eigenvalue weighted by Crippen LogP contribution is 1.98. The van der Waals surface area contributed by atoms with Crippen molar-refractivity contribution in [2.75, 3.05) is 46.4 Å². The molecule has 0 N–H and O–H groups in total. The van der Waals surface area contributed by atoms with Gasteiger partial charge in [-0.3, -0.25) is 9.69 Å². The van der Waals surface area contributed by atoms with Crippen LogP contribution in [-0.2, 0) is 9.53 Å². The fourth-order valence-corrected chi connectivity index (χ4v) is 1.39. The summed E-state index contributed by atoms with van der Waals surface area (Å²) >= 11 is 0. The zero-order chi connectivity index (χ0) is 9.68. The zero-order valence-electron chi connectivity index (χ0n) is 8.86. The van der Waals surface area contributed by atoms with E-state index in [9.17, 15) is 4.79 Å². The minimum absolute atomic E-state index is 0. The van der Waals surface area contributed by atoms with Gasteiger partial charge in [-0.25, -0.2) is 0 Å². The highest BCUT2D eigenvalue weighted by Gasteiger charge is 2.12. The summed E-state index contributed by atoms with van der Waals surface area (Å²) < 4.78 is 4.88. The van der Waals surface area contributed by atoms with Crippen molar-refractivity contribution >= 4 is 18.4 Å². The van der Waals surface area contributed by atoms with Crippen molar-refractivity contribution in [3.05, 3.63) is 0 Å². The number of likely N-dealkylation sites (N-methyl/N-ethyl adjacent to an activating group) is 1. The summed E-state index contributed by atoms with van der Waals surface area (Å²) in [6.45, 7) is 7.23. The van der Waals surface area contributed by atoms with Crippen LogP contribution in [0, 0.1) is 0 Å². The molecule has 1 heterocycles. The molecule has 1 saturated heterocycles. The van der Waals surface area contributed by atoms with E-state index in [4.69, 9.17) is 4.74 Å². The maximum absolute atomic E-state index is 10.5. The van der Waals surface area contributed by atoms with Crippen LogP contribution in [0.1, 0.15) is 6.92 Å². The van der Waals surface area contributed by atoms with Gasteiger partial charge in [0.05, 0.1) is 0 Å². The Labute approximate surface area is 91.6 Å². The average molecular weight is 223 g/mol. The first-order chi connectivity index (χ1) is 6.18. The molecule has 0 spiro atoms. The number of esters is 1. The van der Waals surface area contributed by atoms with Gasteiger partial charge in [0.15, 0.2) is 0 Å². The minimum atomic E-state index is -0.186. The molecular formula is C9H19ClN2O2. The van der Waals surface area contributed by atoms with E-state index in [1.165, 1.54) is 6.92 Å². The quantitative estimate of drug-likeness (QED) is 0.640. The number of hydrogen-bond acceptors (Lipinski definition) is 4. The molecule has 0 aromatic carbocycles. The van der Waals surface area contributed by atoms with E-state index >= 15 is 0 Å². The Balaban J connectivity index is 0.00000169.